The zero-order valence-electron chi connectivity index (χ0n) is 20.6. The van der Waals surface area contributed by atoms with E-state index in [0.29, 0.717) is 18.0 Å². The summed E-state index contributed by atoms with van der Waals surface area (Å²) in [7, 11) is -1.82. The minimum Gasteiger partial charge on any atom is -0.487 e. The van der Waals surface area contributed by atoms with Crippen LogP contribution in [0, 0.1) is 23.7 Å². The van der Waals surface area contributed by atoms with Crippen molar-refractivity contribution in [3.63, 3.8) is 0 Å². The summed E-state index contributed by atoms with van der Waals surface area (Å²) in [4.78, 5) is 2.32. The number of benzene rings is 1. The van der Waals surface area contributed by atoms with Crippen LogP contribution >= 0.6 is 0 Å². The van der Waals surface area contributed by atoms with Crippen LogP contribution in [-0.4, -0.2) is 92.6 Å². The molecule has 2 heterocycles. The molecule has 0 bridgehead atoms. The van der Waals surface area contributed by atoms with Crippen molar-refractivity contribution in [3.05, 3.63) is 23.8 Å². The third kappa shape index (κ3) is 6.72. The molecule has 8 nitrogen and oxygen atoms in total. The highest BCUT2D eigenvalue weighted by Crippen LogP contribution is 2.34. The van der Waals surface area contributed by atoms with Gasteiger partial charge in [-0.05, 0) is 57.9 Å². The molecular weight excluding hydrogens is 456 g/mol. The zero-order valence-corrected chi connectivity index (χ0v) is 21.4. The smallest absolute Gasteiger partial charge is 0.247 e. The molecule has 1 aromatic carbocycles. The van der Waals surface area contributed by atoms with Gasteiger partial charge < -0.3 is 24.6 Å². The molecule has 2 aliphatic rings. The number of nitrogens with zero attached hydrogens (tertiary/aromatic N) is 2. The van der Waals surface area contributed by atoms with Crippen LogP contribution in [-0.2, 0) is 14.8 Å². The van der Waals surface area contributed by atoms with Gasteiger partial charge in [0.15, 0.2) is 0 Å². The molecule has 0 spiro atoms. The number of hydrogen-bond donors (Lipinski definition) is 2. The first-order chi connectivity index (χ1) is 16.1. The molecule has 1 aromatic rings. The fourth-order valence-electron chi connectivity index (χ4n) is 4.46. The van der Waals surface area contributed by atoms with Gasteiger partial charge in [-0.15, -0.1) is 0 Å². The Morgan fingerprint density at radius 1 is 1.24 bits per heavy atom. The molecule has 2 aliphatic heterocycles. The van der Waals surface area contributed by atoms with Crippen LogP contribution in [0.3, 0.4) is 0 Å². The van der Waals surface area contributed by atoms with Crippen molar-refractivity contribution in [2.75, 3.05) is 46.5 Å². The van der Waals surface area contributed by atoms with Gasteiger partial charge in [0.1, 0.15) is 22.9 Å². The van der Waals surface area contributed by atoms with Crippen molar-refractivity contribution in [2.24, 2.45) is 11.8 Å². The summed E-state index contributed by atoms with van der Waals surface area (Å²) in [6.07, 6.45) is 1.03. The molecule has 2 N–H and O–H groups in total. The number of fused-ring (bicyclic) bond motifs is 1. The van der Waals surface area contributed by atoms with Gasteiger partial charge in [0, 0.05) is 50.4 Å². The summed E-state index contributed by atoms with van der Waals surface area (Å²) >= 11 is 0. The first-order valence-electron chi connectivity index (χ1n) is 12.0. The van der Waals surface area contributed by atoms with Gasteiger partial charge in [-0.1, -0.05) is 18.8 Å². The number of aliphatic hydroxyl groups excluding tert-OH is 2. The second kappa shape index (κ2) is 11.8. The fourth-order valence-corrected chi connectivity index (χ4v) is 6.29. The molecule has 0 radical (unpaired) electrons. The van der Waals surface area contributed by atoms with Crippen LogP contribution in [0.1, 0.15) is 39.2 Å². The standard InChI is InChI=1S/C25H38N2O6S/c1-18-14-27(19(2)17-28)34(30,31)25-8-7-21(6-5-20(3)29)13-23(25)33-24(18)16-26(4)15-22-9-11-32-12-10-22/h7-8,13,18-20,22,24,28-29H,9-12,14-17H2,1-4H3/t18-,19+,20+,24-/m0/s1. The van der Waals surface area contributed by atoms with Gasteiger partial charge in [0.25, 0.3) is 0 Å². The van der Waals surface area contributed by atoms with Gasteiger partial charge in [0.2, 0.25) is 10.0 Å². The third-order valence-corrected chi connectivity index (χ3v) is 8.51. The lowest BCUT2D eigenvalue weighted by atomic mass is 9.98. The molecule has 0 aromatic heterocycles. The molecule has 1 fully saturated rings. The van der Waals surface area contributed by atoms with E-state index in [1.807, 2.05) is 6.92 Å². The largest absolute Gasteiger partial charge is 0.487 e. The van der Waals surface area contributed by atoms with E-state index in [9.17, 15) is 18.6 Å². The molecule has 0 amide bonds. The second-order valence-electron chi connectivity index (χ2n) is 9.62. The van der Waals surface area contributed by atoms with Gasteiger partial charge >= 0.3 is 0 Å². The van der Waals surface area contributed by atoms with Crippen molar-refractivity contribution >= 4 is 10.0 Å². The topological polar surface area (TPSA) is 99.5 Å². The number of likely N-dealkylation sites (N-methyl/N-ethyl adjacent to an activating group) is 1. The van der Waals surface area contributed by atoms with E-state index in [1.54, 1.807) is 26.0 Å². The van der Waals surface area contributed by atoms with Crippen molar-refractivity contribution in [1.82, 2.24) is 9.21 Å². The highest BCUT2D eigenvalue weighted by molar-refractivity contribution is 7.89. The van der Waals surface area contributed by atoms with E-state index in [-0.39, 0.29) is 35.8 Å². The molecule has 190 valence electrons. The maximum absolute atomic E-state index is 13.5. The highest BCUT2D eigenvalue weighted by Gasteiger charge is 2.38. The molecule has 9 heteroatoms. The first kappa shape index (κ1) is 26.9. The van der Waals surface area contributed by atoms with E-state index in [0.717, 1.165) is 32.6 Å². The van der Waals surface area contributed by atoms with Crippen LogP contribution < -0.4 is 4.74 Å². The predicted molar refractivity (Wildman–Crippen MR) is 130 cm³/mol. The Labute approximate surface area is 203 Å². The number of rotatable bonds is 6. The lowest BCUT2D eigenvalue weighted by Gasteiger charge is -2.38. The van der Waals surface area contributed by atoms with E-state index in [1.165, 1.54) is 10.4 Å². The molecule has 4 atom stereocenters. The average molecular weight is 495 g/mol. The van der Waals surface area contributed by atoms with E-state index < -0.39 is 22.2 Å². The summed E-state index contributed by atoms with van der Waals surface area (Å²) < 4.78 is 40.3. The quantitative estimate of drug-likeness (QED) is 0.579. The molecule has 0 aliphatic carbocycles. The SMILES string of the molecule is C[C@H](CO)N1C[C@H](C)[C@H](CN(C)CC2CCOCC2)Oc2cc(C#C[C@@H](C)O)ccc2S1(=O)=O. The fraction of sp³-hybridized carbons (Fsp3) is 0.680. The molecule has 1 saturated heterocycles. The van der Waals surface area contributed by atoms with Crippen molar-refractivity contribution in [2.45, 2.75) is 56.8 Å². The predicted octanol–water partition coefficient (Wildman–Crippen LogP) is 1.55. The van der Waals surface area contributed by atoms with Crippen LogP contribution in [0.25, 0.3) is 0 Å². The number of sulfonamides is 1. The highest BCUT2D eigenvalue weighted by atomic mass is 32.2. The summed E-state index contributed by atoms with van der Waals surface area (Å²) in [5, 5.41) is 19.3. The third-order valence-electron chi connectivity index (χ3n) is 6.49. The number of aliphatic hydroxyl groups is 2. The lowest BCUT2D eigenvalue weighted by Crippen LogP contribution is -2.50. The molecule has 0 saturated carbocycles. The van der Waals surface area contributed by atoms with E-state index in [2.05, 4.69) is 23.8 Å². The van der Waals surface area contributed by atoms with Gasteiger partial charge in [-0.25, -0.2) is 8.42 Å². The number of hydrogen-bond acceptors (Lipinski definition) is 7. The van der Waals surface area contributed by atoms with Crippen LogP contribution in [0.15, 0.2) is 23.1 Å². The zero-order chi connectivity index (χ0) is 24.9. The molecule has 34 heavy (non-hydrogen) atoms. The summed E-state index contributed by atoms with van der Waals surface area (Å²) in [6.45, 7) is 8.41. The lowest BCUT2D eigenvalue weighted by molar-refractivity contribution is 0.0402. The monoisotopic (exact) mass is 494 g/mol. The normalized spacial score (nSPS) is 25.3. The summed E-state index contributed by atoms with van der Waals surface area (Å²) in [5.41, 5.74) is 0.569. The van der Waals surface area contributed by atoms with Crippen LogP contribution in [0.2, 0.25) is 0 Å². The molecule has 0 unspecified atom stereocenters. The summed E-state index contributed by atoms with van der Waals surface area (Å²) in [6, 6.07) is 4.20. The van der Waals surface area contributed by atoms with Crippen LogP contribution in [0.5, 0.6) is 5.75 Å². The van der Waals surface area contributed by atoms with Crippen molar-refractivity contribution in [1.29, 1.82) is 0 Å². The Morgan fingerprint density at radius 3 is 2.59 bits per heavy atom. The Morgan fingerprint density at radius 2 is 1.94 bits per heavy atom. The second-order valence-corrected chi connectivity index (χ2v) is 11.5. The van der Waals surface area contributed by atoms with Gasteiger partial charge in [0.05, 0.1) is 6.61 Å². The Kier molecular flexibility index (Phi) is 9.38. The Hall–Kier alpha value is -1.67. The van der Waals surface area contributed by atoms with E-state index in [4.69, 9.17) is 9.47 Å². The van der Waals surface area contributed by atoms with Gasteiger partial charge in [-0.2, -0.15) is 4.31 Å². The average Bonchev–Trinajstić information content (AvgIpc) is 2.80. The first-order valence-corrected chi connectivity index (χ1v) is 13.4. The van der Waals surface area contributed by atoms with Crippen LogP contribution in [0.4, 0.5) is 0 Å². The Bertz CT molecular complexity index is 981. The number of ether oxygens (including phenoxy) is 2. The van der Waals surface area contributed by atoms with Gasteiger partial charge in [-0.3, -0.25) is 0 Å². The maximum Gasteiger partial charge on any atom is 0.247 e. The van der Waals surface area contributed by atoms with Crippen molar-refractivity contribution in [3.8, 4) is 17.6 Å². The summed E-state index contributed by atoms with van der Waals surface area (Å²) in [5.74, 6) is 6.28. The minimum atomic E-state index is -3.89. The minimum absolute atomic E-state index is 0.0689. The van der Waals surface area contributed by atoms with Crippen molar-refractivity contribution < 1.29 is 28.1 Å². The molecule has 3 rings (SSSR count). The molecular formula is C25H38N2O6S. The maximum atomic E-state index is 13.5. The van der Waals surface area contributed by atoms with E-state index >= 15 is 0 Å². The Balaban J connectivity index is 1.94.